The van der Waals surface area contributed by atoms with Crippen LogP contribution < -0.4 is 0 Å². The van der Waals surface area contributed by atoms with Crippen LogP contribution in [0, 0.1) is 11.3 Å². The predicted molar refractivity (Wildman–Crippen MR) is 49.6 cm³/mol. The fraction of sp³-hybridized carbons (Fsp3) is 0.889. The van der Waals surface area contributed by atoms with Crippen LogP contribution >= 0.6 is 0 Å². The molecule has 0 aromatic heterocycles. The van der Waals surface area contributed by atoms with Gasteiger partial charge in [0.2, 0.25) is 0 Å². The number of hydrogen-bond acceptors (Lipinski definition) is 2. The molecule has 3 nitrogen and oxygen atoms in total. The molecule has 1 rings (SSSR count). The van der Waals surface area contributed by atoms with Crippen LogP contribution in [-0.2, 0) is 4.74 Å². The van der Waals surface area contributed by atoms with Gasteiger partial charge in [0.1, 0.15) is 0 Å². The molecule has 0 aromatic rings. The van der Waals surface area contributed by atoms with Crippen LogP contribution in [0.1, 0.15) is 19.8 Å². The molecule has 70 valence electrons. The van der Waals surface area contributed by atoms with Crippen molar-refractivity contribution in [3.63, 3.8) is 0 Å². The van der Waals surface area contributed by atoms with E-state index in [0.717, 1.165) is 25.6 Å². The minimum Gasteiger partial charge on any atom is -0.380 e. The SMILES string of the molecule is CCOCCN(C)C(=N)C1CC1. The normalized spacial score (nSPS) is 16.2. The van der Waals surface area contributed by atoms with Gasteiger partial charge in [-0.2, -0.15) is 0 Å². The average molecular weight is 170 g/mol. The van der Waals surface area contributed by atoms with E-state index in [1.54, 1.807) is 0 Å². The third kappa shape index (κ3) is 2.81. The summed E-state index contributed by atoms with van der Waals surface area (Å²) >= 11 is 0. The van der Waals surface area contributed by atoms with Gasteiger partial charge < -0.3 is 9.64 Å². The molecule has 0 spiro atoms. The molecule has 0 aromatic carbocycles. The van der Waals surface area contributed by atoms with Gasteiger partial charge in [-0.15, -0.1) is 0 Å². The molecule has 1 fully saturated rings. The van der Waals surface area contributed by atoms with Gasteiger partial charge in [-0.1, -0.05) is 0 Å². The lowest BCUT2D eigenvalue weighted by atomic mass is 10.3. The van der Waals surface area contributed by atoms with E-state index < -0.39 is 0 Å². The van der Waals surface area contributed by atoms with Crippen molar-refractivity contribution in [2.75, 3.05) is 26.8 Å². The van der Waals surface area contributed by atoms with Crippen molar-refractivity contribution in [2.45, 2.75) is 19.8 Å². The second-order valence-electron chi connectivity index (χ2n) is 3.28. The van der Waals surface area contributed by atoms with Crippen LogP contribution in [0.25, 0.3) is 0 Å². The molecule has 0 radical (unpaired) electrons. The smallest absolute Gasteiger partial charge is 0.0987 e. The highest BCUT2D eigenvalue weighted by Crippen LogP contribution is 2.30. The van der Waals surface area contributed by atoms with E-state index >= 15 is 0 Å². The van der Waals surface area contributed by atoms with Crippen LogP contribution in [0.15, 0.2) is 0 Å². The van der Waals surface area contributed by atoms with Crippen molar-refractivity contribution in [3.05, 3.63) is 0 Å². The molecular formula is C9H18N2O. The van der Waals surface area contributed by atoms with Crippen molar-refractivity contribution >= 4 is 5.84 Å². The first-order valence-corrected chi connectivity index (χ1v) is 4.63. The van der Waals surface area contributed by atoms with Gasteiger partial charge in [0.15, 0.2) is 0 Å². The van der Waals surface area contributed by atoms with E-state index in [9.17, 15) is 0 Å². The molecule has 1 aliphatic rings. The van der Waals surface area contributed by atoms with E-state index in [2.05, 4.69) is 0 Å². The second kappa shape index (κ2) is 4.45. The van der Waals surface area contributed by atoms with E-state index in [-0.39, 0.29) is 0 Å². The number of rotatable bonds is 5. The molecule has 3 heteroatoms. The van der Waals surface area contributed by atoms with Gasteiger partial charge in [-0.25, -0.2) is 0 Å². The summed E-state index contributed by atoms with van der Waals surface area (Å²) in [6.07, 6.45) is 2.41. The van der Waals surface area contributed by atoms with Gasteiger partial charge in [0.05, 0.1) is 12.4 Å². The molecule has 0 saturated heterocycles. The van der Waals surface area contributed by atoms with Gasteiger partial charge >= 0.3 is 0 Å². The molecule has 0 unspecified atom stereocenters. The van der Waals surface area contributed by atoms with Crippen molar-refractivity contribution in [1.29, 1.82) is 5.41 Å². The highest BCUT2D eigenvalue weighted by atomic mass is 16.5. The predicted octanol–water partition coefficient (Wildman–Crippen LogP) is 1.34. The zero-order valence-electron chi connectivity index (χ0n) is 7.97. The summed E-state index contributed by atoms with van der Waals surface area (Å²) in [5.74, 6) is 1.34. The summed E-state index contributed by atoms with van der Waals surface area (Å²) in [5.41, 5.74) is 0. The first-order chi connectivity index (χ1) is 5.75. The number of ether oxygens (including phenoxy) is 1. The monoisotopic (exact) mass is 170 g/mol. The summed E-state index contributed by atoms with van der Waals surface area (Å²) in [6.45, 7) is 4.35. The zero-order chi connectivity index (χ0) is 8.97. The Bertz CT molecular complexity index is 155. The molecule has 0 amide bonds. The van der Waals surface area contributed by atoms with Crippen molar-refractivity contribution in [3.8, 4) is 0 Å². The topological polar surface area (TPSA) is 36.3 Å². The van der Waals surface area contributed by atoms with E-state index in [1.807, 2.05) is 18.9 Å². The van der Waals surface area contributed by atoms with Crippen LogP contribution in [0.2, 0.25) is 0 Å². The fourth-order valence-corrected chi connectivity index (χ4v) is 1.13. The standard InChI is InChI=1S/C9H18N2O/c1-3-12-7-6-11(2)9(10)8-4-5-8/h8,10H,3-7H2,1-2H3. The molecule has 12 heavy (non-hydrogen) atoms. The van der Waals surface area contributed by atoms with Crippen LogP contribution in [0.3, 0.4) is 0 Å². The maximum absolute atomic E-state index is 7.72. The summed E-state index contributed by atoms with van der Waals surface area (Å²) in [6, 6.07) is 0. The lowest BCUT2D eigenvalue weighted by Crippen LogP contribution is -2.30. The van der Waals surface area contributed by atoms with Crippen molar-refractivity contribution in [1.82, 2.24) is 4.90 Å². The van der Waals surface area contributed by atoms with Crippen LogP contribution in [0.4, 0.5) is 0 Å². The molecule has 0 bridgehead atoms. The van der Waals surface area contributed by atoms with Gasteiger partial charge in [0, 0.05) is 26.1 Å². The Morgan fingerprint density at radius 2 is 2.25 bits per heavy atom. The Hall–Kier alpha value is -0.570. The molecule has 1 aliphatic carbocycles. The number of likely N-dealkylation sites (N-methyl/N-ethyl adjacent to an activating group) is 1. The van der Waals surface area contributed by atoms with Crippen molar-refractivity contribution in [2.24, 2.45) is 5.92 Å². The molecule has 1 N–H and O–H groups in total. The Kier molecular flexibility index (Phi) is 3.53. The Morgan fingerprint density at radius 3 is 2.75 bits per heavy atom. The number of nitrogens with one attached hydrogen (secondary N) is 1. The van der Waals surface area contributed by atoms with Crippen LogP contribution in [-0.4, -0.2) is 37.5 Å². The quantitative estimate of drug-likeness (QED) is 0.384. The second-order valence-corrected chi connectivity index (χ2v) is 3.28. The van der Waals surface area contributed by atoms with Gasteiger partial charge in [-0.05, 0) is 19.8 Å². The first kappa shape index (κ1) is 9.52. The number of hydrogen-bond donors (Lipinski definition) is 1. The highest BCUT2D eigenvalue weighted by Gasteiger charge is 2.28. The summed E-state index contributed by atoms with van der Waals surface area (Å²) in [4.78, 5) is 1.99. The molecule has 1 saturated carbocycles. The summed E-state index contributed by atoms with van der Waals surface area (Å²) in [7, 11) is 1.97. The highest BCUT2D eigenvalue weighted by molar-refractivity contribution is 5.83. The van der Waals surface area contributed by atoms with Crippen LogP contribution in [0.5, 0.6) is 0 Å². The minimum absolute atomic E-state index is 0.552. The number of amidine groups is 1. The summed E-state index contributed by atoms with van der Waals surface area (Å²) < 4.78 is 5.22. The third-order valence-corrected chi connectivity index (χ3v) is 2.15. The average Bonchev–Trinajstić information content (AvgIpc) is 2.86. The first-order valence-electron chi connectivity index (χ1n) is 4.63. The third-order valence-electron chi connectivity index (χ3n) is 2.15. The minimum atomic E-state index is 0.552. The van der Waals surface area contributed by atoms with Gasteiger partial charge in [-0.3, -0.25) is 5.41 Å². The van der Waals surface area contributed by atoms with E-state index in [1.165, 1.54) is 12.8 Å². The van der Waals surface area contributed by atoms with E-state index in [0.29, 0.717) is 5.92 Å². The Labute approximate surface area is 74.2 Å². The fourth-order valence-electron chi connectivity index (χ4n) is 1.13. The molecular weight excluding hydrogens is 152 g/mol. The molecule has 0 aliphatic heterocycles. The van der Waals surface area contributed by atoms with E-state index in [4.69, 9.17) is 10.1 Å². The zero-order valence-corrected chi connectivity index (χ0v) is 7.97. The molecule has 0 atom stereocenters. The Morgan fingerprint density at radius 1 is 1.58 bits per heavy atom. The largest absolute Gasteiger partial charge is 0.380 e. The lowest BCUT2D eigenvalue weighted by molar-refractivity contribution is 0.136. The maximum Gasteiger partial charge on any atom is 0.0987 e. The maximum atomic E-state index is 7.72. The summed E-state index contributed by atoms with van der Waals surface area (Å²) in [5, 5.41) is 7.72. The Balaban J connectivity index is 2.09. The van der Waals surface area contributed by atoms with Crippen molar-refractivity contribution < 1.29 is 4.74 Å². The number of nitrogens with zero attached hydrogens (tertiary/aromatic N) is 1. The molecule has 0 heterocycles. The lowest BCUT2D eigenvalue weighted by Gasteiger charge is -2.19. The van der Waals surface area contributed by atoms with Gasteiger partial charge in [0.25, 0.3) is 0 Å².